The molecule has 0 N–H and O–H groups in total. The Hall–Kier alpha value is -2.68. The van der Waals surface area contributed by atoms with Crippen molar-refractivity contribution in [1.29, 1.82) is 0 Å². The van der Waals surface area contributed by atoms with Gasteiger partial charge in [-0.3, -0.25) is 4.79 Å². The Balaban J connectivity index is 1.84. The molecule has 2 aromatic carbocycles. The molecule has 0 saturated carbocycles. The first-order chi connectivity index (χ1) is 11.9. The van der Waals surface area contributed by atoms with Gasteiger partial charge >= 0.3 is 0 Å². The zero-order valence-corrected chi connectivity index (χ0v) is 15.3. The fourth-order valence-electron chi connectivity index (χ4n) is 2.89. The minimum Gasteiger partial charge on any atom is -0.331 e. The minimum absolute atomic E-state index is 0.0278. The van der Waals surface area contributed by atoms with Crippen molar-refractivity contribution in [1.82, 2.24) is 9.55 Å². The average Bonchev–Trinajstić information content (AvgIpc) is 2.96. The zero-order chi connectivity index (χ0) is 18.0. The van der Waals surface area contributed by atoms with Crippen molar-refractivity contribution >= 4 is 5.78 Å². The predicted octanol–water partition coefficient (Wildman–Crippen LogP) is 4.81. The number of aromatic nitrogens is 2. The van der Waals surface area contributed by atoms with Crippen molar-refractivity contribution in [3.8, 4) is 11.3 Å². The first-order valence-corrected chi connectivity index (χ1v) is 8.56. The third kappa shape index (κ3) is 3.71. The van der Waals surface area contributed by atoms with Crippen LogP contribution in [0.25, 0.3) is 11.3 Å². The Morgan fingerprint density at radius 3 is 2.44 bits per heavy atom. The van der Waals surface area contributed by atoms with E-state index in [1.54, 1.807) is 0 Å². The number of benzene rings is 2. The highest BCUT2D eigenvalue weighted by molar-refractivity contribution is 5.97. The van der Waals surface area contributed by atoms with Crippen molar-refractivity contribution in [2.24, 2.45) is 7.05 Å². The number of hydrogen-bond acceptors (Lipinski definition) is 2. The summed E-state index contributed by atoms with van der Waals surface area (Å²) < 4.78 is 2.00. The maximum atomic E-state index is 12.7. The summed E-state index contributed by atoms with van der Waals surface area (Å²) in [5.41, 5.74) is 4.07. The van der Waals surface area contributed by atoms with Gasteiger partial charge < -0.3 is 4.57 Å². The zero-order valence-electron chi connectivity index (χ0n) is 15.3. The van der Waals surface area contributed by atoms with E-state index in [9.17, 15) is 4.79 Å². The molecule has 0 fully saturated rings. The lowest BCUT2D eigenvalue weighted by Gasteiger charge is -2.19. The van der Waals surface area contributed by atoms with Gasteiger partial charge in [-0.25, -0.2) is 4.98 Å². The number of carbonyl (C=O) groups is 1. The summed E-state index contributed by atoms with van der Waals surface area (Å²) in [6, 6.07) is 18.0. The second-order valence-electron chi connectivity index (χ2n) is 7.42. The minimum atomic E-state index is 0.0278. The molecular formula is C22H24N2O. The summed E-state index contributed by atoms with van der Waals surface area (Å²) in [6.45, 7) is 6.46. The molecule has 25 heavy (non-hydrogen) atoms. The van der Waals surface area contributed by atoms with Crippen molar-refractivity contribution in [2.45, 2.75) is 32.6 Å². The molecule has 0 bridgehead atoms. The van der Waals surface area contributed by atoms with Gasteiger partial charge in [0.2, 0.25) is 0 Å². The van der Waals surface area contributed by atoms with Gasteiger partial charge in [0.1, 0.15) is 5.82 Å². The average molecular weight is 332 g/mol. The number of rotatable bonds is 4. The van der Waals surface area contributed by atoms with E-state index < -0.39 is 0 Å². The molecule has 0 amide bonds. The Kier molecular flexibility index (Phi) is 4.58. The van der Waals surface area contributed by atoms with Crippen LogP contribution in [0.3, 0.4) is 0 Å². The van der Waals surface area contributed by atoms with Gasteiger partial charge in [-0.2, -0.15) is 0 Å². The maximum absolute atomic E-state index is 12.7. The van der Waals surface area contributed by atoms with Gasteiger partial charge in [-0.05, 0) is 22.6 Å². The second kappa shape index (κ2) is 6.67. The van der Waals surface area contributed by atoms with Crippen molar-refractivity contribution in [2.75, 3.05) is 0 Å². The smallest absolute Gasteiger partial charge is 0.170 e. The monoisotopic (exact) mass is 332 g/mol. The van der Waals surface area contributed by atoms with E-state index in [2.05, 4.69) is 44.0 Å². The molecule has 3 rings (SSSR count). The maximum Gasteiger partial charge on any atom is 0.170 e. The molecule has 1 aromatic heterocycles. The Labute approximate surface area is 149 Å². The lowest BCUT2D eigenvalue weighted by molar-refractivity contribution is 0.0990. The van der Waals surface area contributed by atoms with E-state index in [-0.39, 0.29) is 11.2 Å². The number of ketones is 1. The van der Waals surface area contributed by atoms with E-state index in [1.807, 2.05) is 54.2 Å². The first-order valence-electron chi connectivity index (χ1n) is 8.56. The molecule has 0 atom stereocenters. The van der Waals surface area contributed by atoms with Gasteiger partial charge in [-0.1, -0.05) is 69.3 Å². The number of carbonyl (C=O) groups excluding carboxylic acids is 1. The topological polar surface area (TPSA) is 34.9 Å². The molecule has 1 heterocycles. The van der Waals surface area contributed by atoms with Crippen LogP contribution in [0.1, 0.15) is 42.5 Å². The summed E-state index contributed by atoms with van der Waals surface area (Å²) >= 11 is 0. The van der Waals surface area contributed by atoms with Crippen LogP contribution in [-0.2, 0) is 18.9 Å². The van der Waals surface area contributed by atoms with Crippen LogP contribution < -0.4 is 0 Å². The third-order valence-electron chi connectivity index (χ3n) is 4.52. The van der Waals surface area contributed by atoms with Crippen molar-refractivity contribution in [3.05, 3.63) is 77.7 Å². The highest BCUT2D eigenvalue weighted by atomic mass is 16.1. The SMILES string of the molecule is Cn1c(-c2ccccc2)cnc1CC(=O)c1cccc(C(C)(C)C)c1. The van der Waals surface area contributed by atoms with Crippen molar-refractivity contribution in [3.63, 3.8) is 0 Å². The Morgan fingerprint density at radius 2 is 1.76 bits per heavy atom. The van der Waals surface area contributed by atoms with Gasteiger partial charge in [0.05, 0.1) is 18.3 Å². The van der Waals surface area contributed by atoms with E-state index in [4.69, 9.17) is 0 Å². The van der Waals surface area contributed by atoms with Crippen molar-refractivity contribution < 1.29 is 4.79 Å². The van der Waals surface area contributed by atoms with E-state index >= 15 is 0 Å². The van der Waals surface area contributed by atoms with Gasteiger partial charge in [0, 0.05) is 12.6 Å². The second-order valence-corrected chi connectivity index (χ2v) is 7.42. The number of nitrogens with zero attached hydrogens (tertiary/aromatic N) is 2. The van der Waals surface area contributed by atoms with Gasteiger partial charge in [0.25, 0.3) is 0 Å². The molecule has 0 saturated heterocycles. The molecule has 0 aliphatic rings. The van der Waals surface area contributed by atoms with Gasteiger partial charge in [0.15, 0.2) is 5.78 Å². The van der Waals surface area contributed by atoms with Crippen LogP contribution in [0.5, 0.6) is 0 Å². The van der Waals surface area contributed by atoms with Crippen LogP contribution >= 0.6 is 0 Å². The molecule has 3 heteroatoms. The van der Waals surface area contributed by atoms with E-state index in [0.29, 0.717) is 6.42 Å². The summed E-state index contributed by atoms with van der Waals surface area (Å²) in [5.74, 6) is 0.879. The molecule has 3 aromatic rings. The highest BCUT2D eigenvalue weighted by Gasteiger charge is 2.17. The molecule has 0 radical (unpaired) electrons. The molecule has 0 unspecified atom stereocenters. The van der Waals surface area contributed by atoms with Gasteiger partial charge in [-0.15, -0.1) is 0 Å². The van der Waals surface area contributed by atoms with E-state index in [1.165, 1.54) is 5.56 Å². The van der Waals surface area contributed by atoms with Crippen LogP contribution in [0, 0.1) is 0 Å². The number of hydrogen-bond donors (Lipinski definition) is 0. The molecular weight excluding hydrogens is 308 g/mol. The quantitative estimate of drug-likeness (QED) is 0.643. The highest BCUT2D eigenvalue weighted by Crippen LogP contribution is 2.24. The summed E-state index contributed by atoms with van der Waals surface area (Å²) in [6.07, 6.45) is 2.14. The Morgan fingerprint density at radius 1 is 1.04 bits per heavy atom. The number of imidazole rings is 1. The molecule has 0 aliphatic carbocycles. The molecule has 0 spiro atoms. The van der Waals surface area contributed by atoms with Crippen LogP contribution in [-0.4, -0.2) is 15.3 Å². The summed E-state index contributed by atoms with van der Waals surface area (Å²) in [5, 5.41) is 0. The summed E-state index contributed by atoms with van der Waals surface area (Å²) in [7, 11) is 1.96. The Bertz CT molecular complexity index is 886. The molecule has 128 valence electrons. The number of Topliss-reactive ketones (excluding diaryl/α,β-unsaturated/α-hetero) is 1. The molecule has 0 aliphatic heterocycles. The fourth-order valence-corrected chi connectivity index (χ4v) is 2.89. The van der Waals surface area contributed by atoms with E-state index in [0.717, 1.165) is 22.6 Å². The lowest BCUT2D eigenvalue weighted by Crippen LogP contribution is -2.13. The molecule has 3 nitrogen and oxygen atoms in total. The third-order valence-corrected chi connectivity index (χ3v) is 4.52. The lowest BCUT2D eigenvalue weighted by atomic mass is 9.85. The fraction of sp³-hybridized carbons (Fsp3) is 0.273. The predicted molar refractivity (Wildman–Crippen MR) is 102 cm³/mol. The normalized spacial score (nSPS) is 11.5. The van der Waals surface area contributed by atoms with Crippen LogP contribution in [0.15, 0.2) is 60.8 Å². The largest absolute Gasteiger partial charge is 0.331 e. The van der Waals surface area contributed by atoms with Crippen LogP contribution in [0.4, 0.5) is 0 Å². The first kappa shape index (κ1) is 17.2. The summed E-state index contributed by atoms with van der Waals surface area (Å²) in [4.78, 5) is 17.2. The standard InChI is InChI=1S/C22H24N2O/c1-22(2,3)18-12-8-11-17(13-18)20(25)14-21-23-15-19(24(21)4)16-9-6-5-7-10-16/h5-13,15H,14H2,1-4H3. The van der Waals surface area contributed by atoms with Crippen LogP contribution in [0.2, 0.25) is 0 Å².